The standard InChI is InChI=1S/C12H15NO5S/c14-12(15)9-3-5-11(6-4-9)19(16,17)13-8-10-2-1-7-18-10/h3-6,10,13H,1-2,7-8H2,(H,14,15)/p-1/t10-/m1/s1. The lowest BCUT2D eigenvalue weighted by Crippen LogP contribution is -2.31. The van der Waals surface area contributed by atoms with E-state index in [1.54, 1.807) is 0 Å². The molecule has 1 saturated heterocycles. The first-order chi connectivity index (χ1) is 8.99. The molecule has 1 aromatic carbocycles. The Hall–Kier alpha value is -1.44. The van der Waals surface area contributed by atoms with E-state index in [4.69, 9.17) is 4.74 Å². The van der Waals surface area contributed by atoms with Crippen LogP contribution in [-0.2, 0) is 14.8 Å². The number of benzene rings is 1. The number of hydrogen-bond acceptors (Lipinski definition) is 5. The van der Waals surface area contributed by atoms with E-state index >= 15 is 0 Å². The molecule has 0 aromatic heterocycles. The molecule has 7 heteroatoms. The van der Waals surface area contributed by atoms with Gasteiger partial charge < -0.3 is 14.6 Å². The third-order valence-corrected chi connectivity index (χ3v) is 4.36. The number of ether oxygens (including phenoxy) is 1. The number of carbonyl (C=O) groups is 1. The predicted molar refractivity (Wildman–Crippen MR) is 64.9 cm³/mol. The van der Waals surface area contributed by atoms with Gasteiger partial charge in [0, 0.05) is 13.2 Å². The summed E-state index contributed by atoms with van der Waals surface area (Å²) in [6.07, 6.45) is 1.69. The summed E-state index contributed by atoms with van der Waals surface area (Å²) in [5.74, 6) is -1.34. The van der Waals surface area contributed by atoms with Crippen LogP contribution in [0.15, 0.2) is 29.2 Å². The van der Waals surface area contributed by atoms with Gasteiger partial charge in [0.1, 0.15) is 0 Å². The molecule has 0 unspecified atom stereocenters. The van der Waals surface area contributed by atoms with Gasteiger partial charge in [-0.05, 0) is 30.5 Å². The molecule has 0 amide bonds. The zero-order valence-electron chi connectivity index (χ0n) is 10.2. The van der Waals surface area contributed by atoms with Gasteiger partial charge in [-0.2, -0.15) is 0 Å². The highest BCUT2D eigenvalue weighted by Gasteiger charge is 2.20. The molecule has 1 heterocycles. The summed E-state index contributed by atoms with van der Waals surface area (Å²) >= 11 is 0. The Morgan fingerprint density at radius 3 is 2.58 bits per heavy atom. The molecule has 0 bridgehead atoms. The van der Waals surface area contributed by atoms with Gasteiger partial charge in [0.15, 0.2) is 0 Å². The molecule has 104 valence electrons. The van der Waals surface area contributed by atoms with Crippen LogP contribution in [-0.4, -0.2) is 33.6 Å². The number of hydrogen-bond donors (Lipinski definition) is 1. The number of carboxylic acid groups (broad SMARTS) is 1. The van der Waals surface area contributed by atoms with Crippen molar-refractivity contribution in [2.45, 2.75) is 23.8 Å². The van der Waals surface area contributed by atoms with Gasteiger partial charge in [0.2, 0.25) is 10.0 Å². The molecule has 1 aromatic rings. The lowest BCUT2D eigenvalue weighted by atomic mass is 10.2. The Balaban J connectivity index is 2.03. The van der Waals surface area contributed by atoms with Crippen LogP contribution in [0.2, 0.25) is 0 Å². The van der Waals surface area contributed by atoms with Crippen LogP contribution in [0, 0.1) is 0 Å². The van der Waals surface area contributed by atoms with Gasteiger partial charge in [0.25, 0.3) is 0 Å². The van der Waals surface area contributed by atoms with Crippen molar-refractivity contribution in [1.82, 2.24) is 4.72 Å². The molecular formula is C12H14NO5S-. The van der Waals surface area contributed by atoms with Gasteiger partial charge in [-0.1, -0.05) is 12.1 Å². The van der Waals surface area contributed by atoms with Crippen LogP contribution < -0.4 is 9.83 Å². The summed E-state index contributed by atoms with van der Waals surface area (Å²) < 4.78 is 31.7. The maximum atomic E-state index is 11.9. The van der Waals surface area contributed by atoms with E-state index in [9.17, 15) is 18.3 Å². The molecule has 0 radical (unpaired) electrons. The molecule has 19 heavy (non-hydrogen) atoms. The minimum absolute atomic E-state index is 0.0236. The normalized spacial score (nSPS) is 19.5. The summed E-state index contributed by atoms with van der Waals surface area (Å²) in [7, 11) is -3.63. The van der Waals surface area contributed by atoms with Gasteiger partial charge >= 0.3 is 0 Å². The topological polar surface area (TPSA) is 95.5 Å². The van der Waals surface area contributed by atoms with Gasteiger partial charge in [-0.15, -0.1) is 0 Å². The van der Waals surface area contributed by atoms with Gasteiger partial charge in [-0.25, -0.2) is 13.1 Å². The van der Waals surface area contributed by atoms with Gasteiger partial charge in [-0.3, -0.25) is 0 Å². The molecule has 0 spiro atoms. The van der Waals surface area contributed by atoms with Crippen LogP contribution in [0.4, 0.5) is 0 Å². The third kappa shape index (κ3) is 3.52. The van der Waals surface area contributed by atoms with E-state index < -0.39 is 16.0 Å². The van der Waals surface area contributed by atoms with Crippen LogP contribution in [0.25, 0.3) is 0 Å². The van der Waals surface area contributed by atoms with Crippen molar-refractivity contribution < 1.29 is 23.1 Å². The van der Waals surface area contributed by atoms with Crippen LogP contribution in [0.5, 0.6) is 0 Å². The first kappa shape index (κ1) is 14.0. The largest absolute Gasteiger partial charge is 0.545 e. The van der Waals surface area contributed by atoms with Crippen LogP contribution in [0.3, 0.4) is 0 Å². The highest BCUT2D eigenvalue weighted by atomic mass is 32.2. The Bertz CT molecular complexity index is 546. The monoisotopic (exact) mass is 284 g/mol. The summed E-state index contributed by atoms with van der Waals surface area (Å²) in [6, 6.07) is 4.89. The molecule has 0 saturated carbocycles. The molecule has 1 atom stereocenters. The number of carbonyl (C=O) groups excluding carboxylic acids is 1. The second kappa shape index (κ2) is 5.68. The maximum Gasteiger partial charge on any atom is 0.240 e. The summed E-state index contributed by atoms with van der Waals surface area (Å²) in [4.78, 5) is 10.6. The number of carboxylic acids is 1. The minimum Gasteiger partial charge on any atom is -0.545 e. The fourth-order valence-electron chi connectivity index (χ4n) is 1.86. The lowest BCUT2D eigenvalue weighted by molar-refractivity contribution is -0.255. The average molecular weight is 284 g/mol. The van der Waals surface area contributed by atoms with E-state index in [0.717, 1.165) is 12.8 Å². The lowest BCUT2D eigenvalue weighted by Gasteiger charge is -2.11. The third-order valence-electron chi connectivity index (χ3n) is 2.93. The molecule has 1 N–H and O–H groups in total. The average Bonchev–Trinajstić information content (AvgIpc) is 2.90. The number of rotatable bonds is 5. The van der Waals surface area contributed by atoms with Crippen LogP contribution >= 0.6 is 0 Å². The van der Waals surface area contributed by atoms with Crippen LogP contribution in [0.1, 0.15) is 23.2 Å². The smallest absolute Gasteiger partial charge is 0.240 e. The molecule has 2 rings (SSSR count). The van der Waals surface area contributed by atoms with Gasteiger partial charge in [0.05, 0.1) is 17.0 Å². The fraction of sp³-hybridized carbons (Fsp3) is 0.417. The summed E-state index contributed by atoms with van der Waals surface area (Å²) in [5.41, 5.74) is -0.0573. The van der Waals surface area contributed by atoms with E-state index in [-0.39, 0.29) is 23.1 Å². The Kier molecular flexibility index (Phi) is 4.18. The summed E-state index contributed by atoms with van der Waals surface area (Å²) in [5, 5.41) is 10.6. The van der Waals surface area contributed by atoms with E-state index in [1.807, 2.05) is 0 Å². The van der Waals surface area contributed by atoms with E-state index in [1.165, 1.54) is 24.3 Å². The Morgan fingerprint density at radius 1 is 1.37 bits per heavy atom. The fourth-order valence-corrected chi connectivity index (χ4v) is 2.93. The van der Waals surface area contributed by atoms with E-state index in [0.29, 0.717) is 6.61 Å². The maximum absolute atomic E-state index is 11.9. The van der Waals surface area contributed by atoms with Crippen molar-refractivity contribution in [2.24, 2.45) is 0 Å². The van der Waals surface area contributed by atoms with Crippen molar-refractivity contribution in [3.05, 3.63) is 29.8 Å². The number of sulfonamides is 1. The zero-order chi connectivity index (χ0) is 13.9. The SMILES string of the molecule is O=C([O-])c1ccc(S(=O)(=O)NC[C@H]2CCCO2)cc1. The molecule has 6 nitrogen and oxygen atoms in total. The quantitative estimate of drug-likeness (QED) is 0.787. The molecular weight excluding hydrogens is 270 g/mol. The molecule has 0 aliphatic carbocycles. The highest BCUT2D eigenvalue weighted by molar-refractivity contribution is 7.89. The highest BCUT2D eigenvalue weighted by Crippen LogP contribution is 2.13. The molecule has 1 aliphatic heterocycles. The van der Waals surface area contributed by atoms with Crippen molar-refractivity contribution in [3.8, 4) is 0 Å². The van der Waals surface area contributed by atoms with E-state index in [2.05, 4.69) is 4.72 Å². The van der Waals surface area contributed by atoms with Crippen molar-refractivity contribution in [3.63, 3.8) is 0 Å². The Morgan fingerprint density at radius 2 is 2.05 bits per heavy atom. The van der Waals surface area contributed by atoms with Crippen molar-refractivity contribution in [2.75, 3.05) is 13.2 Å². The molecule has 1 aliphatic rings. The minimum atomic E-state index is -3.63. The van der Waals surface area contributed by atoms with Crippen molar-refractivity contribution >= 4 is 16.0 Å². The zero-order valence-corrected chi connectivity index (χ0v) is 11.0. The molecule has 1 fully saturated rings. The number of aromatic carboxylic acids is 1. The second-order valence-electron chi connectivity index (χ2n) is 4.30. The number of nitrogens with one attached hydrogen (secondary N) is 1. The first-order valence-electron chi connectivity index (χ1n) is 5.92. The first-order valence-corrected chi connectivity index (χ1v) is 7.40. The van der Waals surface area contributed by atoms with Crippen molar-refractivity contribution in [1.29, 1.82) is 0 Å². The summed E-state index contributed by atoms with van der Waals surface area (Å²) in [6.45, 7) is 0.886. The Labute approximate surface area is 111 Å². The second-order valence-corrected chi connectivity index (χ2v) is 6.07. The predicted octanol–water partition coefficient (Wildman–Crippen LogP) is -0.493.